The topological polar surface area (TPSA) is 33.1 Å². The van der Waals surface area contributed by atoms with Crippen LogP contribution in [0.1, 0.15) is 22.9 Å². The highest BCUT2D eigenvalue weighted by atomic mass is 32.1. The van der Waals surface area contributed by atoms with Crippen molar-refractivity contribution in [3.8, 4) is 11.3 Å². The molecule has 1 N–H and O–H groups in total. The number of hydrogen-bond donors (Lipinski definition) is 1. The molecule has 1 heterocycles. The van der Waals surface area contributed by atoms with Gasteiger partial charge in [-0.3, -0.25) is 0 Å². The van der Waals surface area contributed by atoms with Crippen molar-refractivity contribution in [2.24, 2.45) is 0 Å². The van der Waals surface area contributed by atoms with Crippen LogP contribution in [-0.2, 0) is 0 Å². The molecule has 0 fully saturated rings. The summed E-state index contributed by atoms with van der Waals surface area (Å²) in [5.74, 6) is 0. The summed E-state index contributed by atoms with van der Waals surface area (Å²) in [6.45, 7) is 3.81. The van der Waals surface area contributed by atoms with Gasteiger partial charge in [0.25, 0.3) is 0 Å². The van der Waals surface area contributed by atoms with Crippen LogP contribution in [0, 0.1) is 6.92 Å². The van der Waals surface area contributed by atoms with E-state index < -0.39 is 6.10 Å². The molecule has 0 saturated carbocycles. The standard InChI is InChI=1S/C16H15NOS/c1-10(18)16-17-15(11(2)19-16)14-9-5-7-12-6-3-4-8-13(12)14/h3-10,18H,1-2H3. The van der Waals surface area contributed by atoms with Gasteiger partial charge in [-0.15, -0.1) is 11.3 Å². The van der Waals surface area contributed by atoms with E-state index >= 15 is 0 Å². The van der Waals surface area contributed by atoms with Crippen molar-refractivity contribution in [3.63, 3.8) is 0 Å². The average Bonchev–Trinajstić information content (AvgIpc) is 2.80. The molecule has 0 spiro atoms. The maximum absolute atomic E-state index is 9.67. The first kappa shape index (κ1) is 12.3. The summed E-state index contributed by atoms with van der Waals surface area (Å²) in [4.78, 5) is 5.74. The Balaban J connectivity index is 2.24. The monoisotopic (exact) mass is 269 g/mol. The number of rotatable bonds is 2. The fourth-order valence-electron chi connectivity index (χ4n) is 2.28. The SMILES string of the molecule is Cc1sc(C(C)O)nc1-c1cccc2ccccc12. The molecule has 0 aliphatic rings. The molecule has 0 bridgehead atoms. The summed E-state index contributed by atoms with van der Waals surface area (Å²) in [6, 6.07) is 14.6. The smallest absolute Gasteiger partial charge is 0.122 e. The van der Waals surface area contributed by atoms with E-state index in [0.717, 1.165) is 21.1 Å². The second-order valence-corrected chi connectivity index (χ2v) is 5.89. The molecule has 3 aromatic rings. The molecule has 0 aliphatic heterocycles. The van der Waals surface area contributed by atoms with Gasteiger partial charge in [-0.1, -0.05) is 42.5 Å². The first-order valence-electron chi connectivity index (χ1n) is 6.30. The van der Waals surface area contributed by atoms with Crippen molar-refractivity contribution in [3.05, 3.63) is 52.3 Å². The van der Waals surface area contributed by atoms with E-state index in [1.807, 2.05) is 12.1 Å². The van der Waals surface area contributed by atoms with Gasteiger partial charge in [-0.05, 0) is 24.6 Å². The molecule has 1 aromatic heterocycles. The first-order valence-corrected chi connectivity index (χ1v) is 7.12. The van der Waals surface area contributed by atoms with Gasteiger partial charge in [0.1, 0.15) is 11.1 Å². The predicted octanol–water partition coefficient (Wildman–Crippen LogP) is 4.33. The van der Waals surface area contributed by atoms with Gasteiger partial charge in [0.05, 0.1) is 5.69 Å². The highest BCUT2D eigenvalue weighted by Crippen LogP contribution is 2.34. The average molecular weight is 269 g/mol. The number of aliphatic hydroxyl groups excluding tert-OH is 1. The van der Waals surface area contributed by atoms with Crippen LogP contribution in [0.4, 0.5) is 0 Å². The molecule has 0 saturated heterocycles. The zero-order valence-corrected chi connectivity index (χ0v) is 11.7. The molecule has 2 nitrogen and oxygen atoms in total. The third kappa shape index (κ3) is 2.15. The van der Waals surface area contributed by atoms with Gasteiger partial charge < -0.3 is 5.11 Å². The van der Waals surface area contributed by atoms with Crippen LogP contribution in [0.25, 0.3) is 22.0 Å². The summed E-state index contributed by atoms with van der Waals surface area (Å²) in [5, 5.41) is 12.9. The van der Waals surface area contributed by atoms with Crippen molar-refractivity contribution < 1.29 is 5.11 Å². The Kier molecular flexibility index (Phi) is 3.09. The van der Waals surface area contributed by atoms with Gasteiger partial charge in [0.2, 0.25) is 0 Å². The minimum Gasteiger partial charge on any atom is -0.386 e. The number of thiazole rings is 1. The quantitative estimate of drug-likeness (QED) is 0.751. The van der Waals surface area contributed by atoms with Crippen LogP contribution in [-0.4, -0.2) is 10.1 Å². The van der Waals surface area contributed by atoms with Gasteiger partial charge in [0.15, 0.2) is 0 Å². The first-order chi connectivity index (χ1) is 9.16. The van der Waals surface area contributed by atoms with Gasteiger partial charge in [-0.2, -0.15) is 0 Å². The number of nitrogens with zero attached hydrogens (tertiary/aromatic N) is 1. The van der Waals surface area contributed by atoms with Gasteiger partial charge >= 0.3 is 0 Å². The Morgan fingerprint density at radius 1 is 1.11 bits per heavy atom. The van der Waals surface area contributed by atoms with E-state index in [1.165, 1.54) is 10.8 Å². The maximum atomic E-state index is 9.67. The molecular weight excluding hydrogens is 254 g/mol. The van der Waals surface area contributed by atoms with Crippen molar-refractivity contribution in [2.45, 2.75) is 20.0 Å². The lowest BCUT2D eigenvalue weighted by Crippen LogP contribution is -1.89. The minimum absolute atomic E-state index is 0.507. The number of aromatic nitrogens is 1. The third-order valence-corrected chi connectivity index (χ3v) is 4.36. The Labute approximate surface area is 116 Å². The van der Waals surface area contributed by atoms with Crippen LogP contribution < -0.4 is 0 Å². The number of benzene rings is 2. The van der Waals surface area contributed by atoms with Crippen molar-refractivity contribution in [1.29, 1.82) is 0 Å². The molecule has 0 radical (unpaired) electrons. The Morgan fingerprint density at radius 3 is 2.58 bits per heavy atom. The molecular formula is C16H15NOS. The van der Waals surface area contributed by atoms with E-state index in [9.17, 15) is 5.11 Å². The number of aryl methyl sites for hydroxylation is 1. The van der Waals surface area contributed by atoms with E-state index in [0.29, 0.717) is 0 Å². The van der Waals surface area contributed by atoms with E-state index in [4.69, 9.17) is 0 Å². The van der Waals surface area contributed by atoms with E-state index in [2.05, 4.69) is 42.2 Å². The van der Waals surface area contributed by atoms with Crippen molar-refractivity contribution in [2.75, 3.05) is 0 Å². The summed E-state index contributed by atoms with van der Waals surface area (Å²) in [7, 11) is 0. The molecule has 3 rings (SSSR count). The zero-order valence-electron chi connectivity index (χ0n) is 10.9. The summed E-state index contributed by atoms with van der Waals surface area (Å²) < 4.78 is 0. The fourth-order valence-corrected chi connectivity index (χ4v) is 3.15. The van der Waals surface area contributed by atoms with Crippen LogP contribution in [0.5, 0.6) is 0 Å². The van der Waals surface area contributed by atoms with E-state index in [-0.39, 0.29) is 0 Å². The lowest BCUT2D eigenvalue weighted by molar-refractivity contribution is 0.199. The minimum atomic E-state index is -0.507. The highest BCUT2D eigenvalue weighted by Gasteiger charge is 2.14. The lowest BCUT2D eigenvalue weighted by atomic mass is 10.0. The molecule has 0 aliphatic carbocycles. The molecule has 2 aromatic carbocycles. The largest absolute Gasteiger partial charge is 0.386 e. The number of aliphatic hydroxyl groups is 1. The molecule has 0 amide bonds. The van der Waals surface area contributed by atoms with Crippen LogP contribution in [0.3, 0.4) is 0 Å². The van der Waals surface area contributed by atoms with Crippen LogP contribution in [0.2, 0.25) is 0 Å². The maximum Gasteiger partial charge on any atom is 0.122 e. The Hall–Kier alpha value is -1.71. The van der Waals surface area contributed by atoms with Crippen molar-refractivity contribution >= 4 is 22.1 Å². The molecule has 19 heavy (non-hydrogen) atoms. The summed E-state index contributed by atoms with van der Waals surface area (Å²) in [5.41, 5.74) is 2.12. The van der Waals surface area contributed by atoms with Crippen molar-refractivity contribution in [1.82, 2.24) is 4.98 Å². The predicted molar refractivity (Wildman–Crippen MR) is 80.4 cm³/mol. The van der Waals surface area contributed by atoms with Gasteiger partial charge in [0, 0.05) is 10.4 Å². The highest BCUT2D eigenvalue weighted by molar-refractivity contribution is 7.12. The summed E-state index contributed by atoms with van der Waals surface area (Å²) in [6.07, 6.45) is -0.507. The second-order valence-electron chi connectivity index (χ2n) is 4.66. The molecule has 96 valence electrons. The van der Waals surface area contributed by atoms with Gasteiger partial charge in [-0.25, -0.2) is 4.98 Å². The second kappa shape index (κ2) is 4.76. The number of hydrogen-bond acceptors (Lipinski definition) is 3. The zero-order chi connectivity index (χ0) is 13.4. The number of fused-ring (bicyclic) bond motifs is 1. The fraction of sp³-hybridized carbons (Fsp3) is 0.188. The normalized spacial score (nSPS) is 12.8. The molecule has 1 unspecified atom stereocenters. The van der Waals surface area contributed by atoms with E-state index in [1.54, 1.807) is 18.3 Å². The lowest BCUT2D eigenvalue weighted by Gasteiger charge is -2.05. The van der Waals surface area contributed by atoms with Crippen LogP contribution in [0.15, 0.2) is 42.5 Å². The third-order valence-electron chi connectivity index (χ3n) is 3.22. The Morgan fingerprint density at radius 2 is 1.84 bits per heavy atom. The Bertz CT molecular complexity index is 725. The molecule has 1 atom stereocenters. The molecule has 3 heteroatoms. The van der Waals surface area contributed by atoms with Crippen LogP contribution >= 0.6 is 11.3 Å². The summed E-state index contributed by atoms with van der Waals surface area (Å²) >= 11 is 1.56.